The first-order chi connectivity index (χ1) is 16.9. The van der Waals surface area contributed by atoms with Crippen molar-refractivity contribution in [3.8, 4) is 11.1 Å². The van der Waals surface area contributed by atoms with Crippen molar-refractivity contribution in [1.29, 1.82) is 0 Å². The van der Waals surface area contributed by atoms with Gasteiger partial charge in [0.25, 0.3) is 0 Å². The Bertz CT molecular complexity index is 1080. The quantitative estimate of drug-likeness (QED) is 0.488. The van der Waals surface area contributed by atoms with Crippen molar-refractivity contribution in [3.63, 3.8) is 0 Å². The van der Waals surface area contributed by atoms with Crippen LogP contribution in [0, 0.1) is 11.8 Å². The van der Waals surface area contributed by atoms with Crippen LogP contribution in [0.1, 0.15) is 50.2 Å². The number of fused-ring (bicyclic) bond motifs is 3. The van der Waals surface area contributed by atoms with Crippen molar-refractivity contribution < 1.29 is 24.2 Å². The largest absolute Gasteiger partial charge is 0.480 e. The Morgan fingerprint density at radius 2 is 1.69 bits per heavy atom. The van der Waals surface area contributed by atoms with E-state index in [0.717, 1.165) is 11.1 Å². The number of ether oxygens (including phenoxy) is 1. The lowest BCUT2D eigenvalue weighted by Crippen LogP contribution is -2.48. The number of hydrogen-bond acceptors (Lipinski definition) is 4. The molecule has 4 atom stereocenters. The van der Waals surface area contributed by atoms with Crippen LogP contribution >= 0.6 is 0 Å². The van der Waals surface area contributed by atoms with Crippen molar-refractivity contribution >= 4 is 18.0 Å². The summed E-state index contributed by atoms with van der Waals surface area (Å²) in [4.78, 5) is 36.9. The number of benzene rings is 2. The van der Waals surface area contributed by atoms with Gasteiger partial charge in [-0.05, 0) is 41.0 Å². The Morgan fingerprint density at radius 1 is 1.06 bits per heavy atom. The maximum Gasteiger partial charge on any atom is 0.407 e. The molecule has 0 saturated carbocycles. The SMILES string of the molecule is CCC(C)C(NC(=O)[C@@H]1CC=C[C@@H](NC(=O)OCC2c3ccccc3-c3ccccc32)C1)C(=O)O. The summed E-state index contributed by atoms with van der Waals surface area (Å²) in [5.74, 6) is -1.95. The number of allylic oxidation sites excluding steroid dienone is 1. The fraction of sp³-hybridized carbons (Fsp3) is 0.393. The molecule has 0 spiro atoms. The fourth-order valence-corrected chi connectivity index (χ4v) is 4.96. The molecule has 2 amide bonds. The molecule has 0 heterocycles. The third-order valence-electron chi connectivity index (χ3n) is 7.12. The molecule has 3 N–H and O–H groups in total. The molecule has 2 aliphatic carbocycles. The number of carboxylic acid groups (broad SMARTS) is 1. The van der Waals surface area contributed by atoms with E-state index in [-0.39, 0.29) is 30.4 Å². The van der Waals surface area contributed by atoms with Crippen LogP contribution in [0.2, 0.25) is 0 Å². The Hall–Kier alpha value is -3.61. The van der Waals surface area contributed by atoms with Crippen LogP contribution in [0.25, 0.3) is 11.1 Å². The molecule has 35 heavy (non-hydrogen) atoms. The minimum absolute atomic E-state index is 0.0259. The van der Waals surface area contributed by atoms with Gasteiger partial charge in [-0.1, -0.05) is 81.0 Å². The number of hydrogen-bond donors (Lipinski definition) is 3. The number of amides is 2. The highest BCUT2D eigenvalue weighted by Crippen LogP contribution is 2.44. The summed E-state index contributed by atoms with van der Waals surface area (Å²) in [6, 6.07) is 15.0. The summed E-state index contributed by atoms with van der Waals surface area (Å²) >= 11 is 0. The summed E-state index contributed by atoms with van der Waals surface area (Å²) in [6.07, 6.45) is 4.70. The van der Waals surface area contributed by atoms with Gasteiger partial charge in [-0.25, -0.2) is 9.59 Å². The van der Waals surface area contributed by atoms with Gasteiger partial charge in [0, 0.05) is 11.8 Å². The summed E-state index contributed by atoms with van der Waals surface area (Å²) in [7, 11) is 0. The number of aliphatic carboxylic acids is 1. The fourth-order valence-electron chi connectivity index (χ4n) is 4.96. The predicted octanol–water partition coefficient (Wildman–Crippen LogP) is 4.48. The number of alkyl carbamates (subject to hydrolysis) is 1. The van der Waals surface area contributed by atoms with E-state index in [1.807, 2.05) is 43.3 Å². The van der Waals surface area contributed by atoms with E-state index in [1.165, 1.54) is 11.1 Å². The van der Waals surface area contributed by atoms with Gasteiger partial charge in [0.1, 0.15) is 12.6 Å². The zero-order valence-corrected chi connectivity index (χ0v) is 20.1. The molecule has 0 aliphatic heterocycles. The summed E-state index contributed by atoms with van der Waals surface area (Å²) < 4.78 is 5.62. The monoisotopic (exact) mass is 476 g/mol. The highest BCUT2D eigenvalue weighted by Gasteiger charge is 2.32. The predicted molar refractivity (Wildman–Crippen MR) is 133 cm³/mol. The average Bonchev–Trinajstić information content (AvgIpc) is 3.19. The standard InChI is InChI=1S/C28H32N2O5/c1-3-17(2)25(27(32)33)30-26(31)18-9-8-10-19(15-18)29-28(34)35-16-24-22-13-6-4-11-20(22)21-12-5-7-14-23(21)24/h4-8,10-14,17-19,24-25H,3,9,15-16H2,1-2H3,(H,29,34)(H,30,31)(H,32,33)/t17?,18-,19-,25?/m1/s1. The third-order valence-corrected chi connectivity index (χ3v) is 7.12. The second kappa shape index (κ2) is 10.8. The van der Waals surface area contributed by atoms with Gasteiger partial charge in [-0.2, -0.15) is 0 Å². The summed E-state index contributed by atoms with van der Waals surface area (Å²) in [5, 5.41) is 15.0. The highest BCUT2D eigenvalue weighted by atomic mass is 16.5. The van der Waals surface area contributed by atoms with E-state index in [0.29, 0.717) is 19.3 Å². The number of rotatable bonds is 8. The number of carbonyl (C=O) groups excluding carboxylic acids is 2. The molecular weight excluding hydrogens is 444 g/mol. The summed E-state index contributed by atoms with van der Waals surface area (Å²) in [5.41, 5.74) is 4.62. The Kier molecular flexibility index (Phi) is 7.54. The lowest BCUT2D eigenvalue weighted by Gasteiger charge is -2.27. The first-order valence-corrected chi connectivity index (χ1v) is 12.2. The van der Waals surface area contributed by atoms with E-state index >= 15 is 0 Å². The molecule has 0 aromatic heterocycles. The van der Waals surface area contributed by atoms with Gasteiger partial charge >= 0.3 is 12.1 Å². The third kappa shape index (κ3) is 5.39. The van der Waals surface area contributed by atoms with Crippen molar-refractivity contribution in [3.05, 3.63) is 71.8 Å². The number of carbonyl (C=O) groups is 3. The molecule has 7 heteroatoms. The molecule has 0 fully saturated rings. The second-order valence-corrected chi connectivity index (χ2v) is 9.38. The van der Waals surface area contributed by atoms with E-state index in [2.05, 4.69) is 34.9 Å². The van der Waals surface area contributed by atoms with Crippen LogP contribution in [0.4, 0.5) is 4.79 Å². The van der Waals surface area contributed by atoms with Gasteiger partial charge in [0.15, 0.2) is 0 Å². The molecule has 0 saturated heterocycles. The van der Waals surface area contributed by atoms with Crippen molar-refractivity contribution in [2.24, 2.45) is 11.8 Å². The number of carboxylic acids is 1. The lowest BCUT2D eigenvalue weighted by molar-refractivity contribution is -0.144. The van der Waals surface area contributed by atoms with Crippen LogP contribution in [0.3, 0.4) is 0 Å². The molecule has 0 radical (unpaired) electrons. The van der Waals surface area contributed by atoms with Crippen molar-refractivity contribution in [2.45, 2.75) is 51.1 Å². The molecule has 2 aromatic carbocycles. The second-order valence-electron chi connectivity index (χ2n) is 9.38. The zero-order chi connectivity index (χ0) is 24.9. The Balaban J connectivity index is 1.33. The lowest BCUT2D eigenvalue weighted by atomic mass is 9.89. The van der Waals surface area contributed by atoms with Gasteiger partial charge in [0.05, 0.1) is 6.04 Å². The summed E-state index contributed by atoms with van der Waals surface area (Å²) in [6.45, 7) is 3.92. The molecule has 2 aromatic rings. The molecule has 7 nitrogen and oxygen atoms in total. The molecule has 184 valence electrons. The maximum absolute atomic E-state index is 12.7. The Labute approximate surface area is 205 Å². The first-order valence-electron chi connectivity index (χ1n) is 12.2. The van der Waals surface area contributed by atoms with Crippen molar-refractivity contribution in [2.75, 3.05) is 6.61 Å². The molecule has 4 rings (SSSR count). The van der Waals surface area contributed by atoms with E-state index in [4.69, 9.17) is 4.74 Å². The molecule has 0 bridgehead atoms. The molecule has 2 unspecified atom stereocenters. The van der Waals surface area contributed by atoms with E-state index in [1.54, 1.807) is 6.92 Å². The van der Waals surface area contributed by atoms with Crippen LogP contribution in [0.15, 0.2) is 60.7 Å². The number of nitrogens with one attached hydrogen (secondary N) is 2. The van der Waals surface area contributed by atoms with Gasteiger partial charge in [0.2, 0.25) is 5.91 Å². The normalized spacial score (nSPS) is 20.3. The highest BCUT2D eigenvalue weighted by molar-refractivity contribution is 5.85. The van der Waals surface area contributed by atoms with Crippen molar-refractivity contribution in [1.82, 2.24) is 10.6 Å². The van der Waals surface area contributed by atoms with Gasteiger partial charge in [-0.3, -0.25) is 4.79 Å². The van der Waals surface area contributed by atoms with E-state index in [9.17, 15) is 19.5 Å². The molecular formula is C28H32N2O5. The maximum atomic E-state index is 12.7. The van der Waals surface area contributed by atoms with Crippen LogP contribution < -0.4 is 10.6 Å². The van der Waals surface area contributed by atoms with Gasteiger partial charge < -0.3 is 20.5 Å². The first kappa shape index (κ1) is 24.5. The Morgan fingerprint density at radius 3 is 2.29 bits per heavy atom. The topological polar surface area (TPSA) is 105 Å². The average molecular weight is 477 g/mol. The minimum atomic E-state index is -1.03. The van der Waals surface area contributed by atoms with Crippen LogP contribution in [-0.4, -0.2) is 41.8 Å². The van der Waals surface area contributed by atoms with Crippen LogP contribution in [-0.2, 0) is 14.3 Å². The molecule has 2 aliphatic rings. The smallest absolute Gasteiger partial charge is 0.407 e. The van der Waals surface area contributed by atoms with Gasteiger partial charge in [-0.15, -0.1) is 0 Å². The zero-order valence-electron chi connectivity index (χ0n) is 20.1. The van der Waals surface area contributed by atoms with Crippen LogP contribution in [0.5, 0.6) is 0 Å². The minimum Gasteiger partial charge on any atom is -0.480 e. The van der Waals surface area contributed by atoms with E-state index < -0.39 is 24.0 Å².